The molecule has 6 heteroatoms. The van der Waals surface area contributed by atoms with Gasteiger partial charge in [-0.2, -0.15) is 0 Å². The highest BCUT2D eigenvalue weighted by atomic mass is 19.1. The lowest BCUT2D eigenvalue weighted by Crippen LogP contribution is -2.31. The number of aliphatic hydroxyl groups is 1. The molecule has 1 rings (SSSR count). The molecule has 0 saturated carbocycles. The molecule has 0 aliphatic carbocycles. The molecule has 1 aromatic rings. The van der Waals surface area contributed by atoms with Crippen molar-refractivity contribution in [2.75, 3.05) is 32.1 Å². The normalized spacial score (nSPS) is 10.8. The quantitative estimate of drug-likeness (QED) is 0.719. The molecule has 0 aliphatic heterocycles. The van der Waals surface area contributed by atoms with Gasteiger partial charge in [0.05, 0.1) is 12.2 Å². The van der Waals surface area contributed by atoms with Crippen molar-refractivity contribution in [3.8, 4) is 0 Å². The number of halogens is 2. The molecule has 0 aliphatic rings. The lowest BCUT2D eigenvalue weighted by atomic mass is 10.2. The van der Waals surface area contributed by atoms with Crippen molar-refractivity contribution in [3.05, 3.63) is 29.8 Å². The van der Waals surface area contributed by atoms with Crippen LogP contribution in [0.15, 0.2) is 18.2 Å². The maximum atomic E-state index is 13.3. The zero-order valence-corrected chi connectivity index (χ0v) is 11.5. The van der Waals surface area contributed by atoms with E-state index in [-0.39, 0.29) is 24.7 Å². The molecule has 0 aromatic heterocycles. The van der Waals surface area contributed by atoms with Gasteiger partial charge in [0.2, 0.25) is 5.91 Å². The molecule has 0 unspecified atom stereocenters. The molecule has 0 bridgehead atoms. The van der Waals surface area contributed by atoms with Gasteiger partial charge in [-0.15, -0.1) is 0 Å². The van der Waals surface area contributed by atoms with Crippen molar-refractivity contribution in [1.29, 1.82) is 0 Å². The Morgan fingerprint density at radius 2 is 2.05 bits per heavy atom. The molecule has 4 nitrogen and oxygen atoms in total. The first kappa shape index (κ1) is 16.5. The smallest absolute Gasteiger partial charge is 0.238 e. The maximum Gasteiger partial charge on any atom is 0.238 e. The van der Waals surface area contributed by atoms with E-state index in [1.807, 2.05) is 0 Å². The van der Waals surface area contributed by atoms with E-state index in [1.165, 1.54) is 0 Å². The summed E-state index contributed by atoms with van der Waals surface area (Å²) in [6.45, 7) is 0.983. The van der Waals surface area contributed by atoms with Crippen LogP contribution in [-0.4, -0.2) is 42.7 Å². The monoisotopic (exact) mass is 286 g/mol. The van der Waals surface area contributed by atoms with Crippen molar-refractivity contribution in [1.82, 2.24) is 4.90 Å². The van der Waals surface area contributed by atoms with Crippen molar-refractivity contribution >= 4 is 11.6 Å². The Balaban J connectivity index is 2.37. The highest BCUT2D eigenvalue weighted by Gasteiger charge is 2.10. The van der Waals surface area contributed by atoms with Crippen molar-refractivity contribution < 1.29 is 18.7 Å². The first-order valence-electron chi connectivity index (χ1n) is 6.57. The number of benzene rings is 1. The molecular weight excluding hydrogens is 266 g/mol. The van der Waals surface area contributed by atoms with Gasteiger partial charge in [0.25, 0.3) is 0 Å². The second-order valence-corrected chi connectivity index (χ2v) is 4.69. The average molecular weight is 286 g/mol. The number of carbonyl (C=O) groups is 1. The number of rotatable bonds is 8. The molecule has 0 saturated heterocycles. The predicted octanol–water partition coefficient (Wildman–Crippen LogP) is 2.00. The molecule has 20 heavy (non-hydrogen) atoms. The van der Waals surface area contributed by atoms with Crippen LogP contribution in [0.25, 0.3) is 0 Å². The second-order valence-electron chi connectivity index (χ2n) is 4.69. The first-order valence-corrected chi connectivity index (χ1v) is 6.57. The molecule has 1 amide bonds. The van der Waals surface area contributed by atoms with Gasteiger partial charge >= 0.3 is 0 Å². The number of unbranched alkanes of at least 4 members (excludes halogenated alkanes) is 2. The van der Waals surface area contributed by atoms with Gasteiger partial charge in [-0.05, 0) is 45.0 Å². The summed E-state index contributed by atoms with van der Waals surface area (Å²) in [5.41, 5.74) is -0.149. The Morgan fingerprint density at radius 3 is 2.75 bits per heavy atom. The van der Waals surface area contributed by atoms with Gasteiger partial charge < -0.3 is 10.4 Å². The van der Waals surface area contributed by atoms with Crippen LogP contribution in [0.4, 0.5) is 14.5 Å². The zero-order valence-electron chi connectivity index (χ0n) is 11.5. The number of nitrogens with zero attached hydrogens (tertiary/aromatic N) is 1. The van der Waals surface area contributed by atoms with Gasteiger partial charge in [-0.25, -0.2) is 8.78 Å². The van der Waals surface area contributed by atoms with E-state index in [0.29, 0.717) is 6.54 Å². The summed E-state index contributed by atoms with van der Waals surface area (Å²) in [6, 6.07) is 2.93. The van der Waals surface area contributed by atoms with Crippen molar-refractivity contribution in [2.24, 2.45) is 0 Å². The molecule has 0 radical (unpaired) electrons. The predicted molar refractivity (Wildman–Crippen MR) is 73.4 cm³/mol. The third kappa shape index (κ3) is 6.08. The summed E-state index contributed by atoms with van der Waals surface area (Å²) in [4.78, 5) is 13.5. The summed E-state index contributed by atoms with van der Waals surface area (Å²) in [5.74, 6) is -1.65. The lowest BCUT2D eigenvalue weighted by molar-refractivity contribution is -0.117. The van der Waals surface area contributed by atoms with Crippen LogP contribution in [0, 0.1) is 11.6 Å². The standard InChI is InChI=1S/C14H20F2N2O2/c1-18(7-3-2-4-8-19)10-14(20)17-13-9-11(15)5-6-12(13)16/h5-6,9,19H,2-4,7-8,10H2,1H3,(H,17,20). The summed E-state index contributed by atoms with van der Waals surface area (Å²) in [5, 5.41) is 11.0. The highest BCUT2D eigenvalue weighted by molar-refractivity contribution is 5.92. The molecule has 2 N–H and O–H groups in total. The maximum absolute atomic E-state index is 13.3. The molecule has 1 aromatic carbocycles. The van der Waals surface area contributed by atoms with Crippen LogP contribution in [0.1, 0.15) is 19.3 Å². The first-order chi connectivity index (χ1) is 9.52. The number of amides is 1. The Labute approximate surface area is 117 Å². The number of carbonyl (C=O) groups excluding carboxylic acids is 1. The van der Waals surface area contributed by atoms with Gasteiger partial charge in [0, 0.05) is 12.7 Å². The van der Waals surface area contributed by atoms with E-state index in [9.17, 15) is 13.6 Å². The largest absolute Gasteiger partial charge is 0.396 e. The minimum absolute atomic E-state index is 0.106. The summed E-state index contributed by atoms with van der Waals surface area (Å²) < 4.78 is 26.3. The van der Waals surface area contributed by atoms with E-state index in [4.69, 9.17) is 5.11 Å². The fraction of sp³-hybridized carbons (Fsp3) is 0.500. The third-order valence-electron chi connectivity index (χ3n) is 2.81. The van der Waals surface area contributed by atoms with E-state index < -0.39 is 11.6 Å². The highest BCUT2D eigenvalue weighted by Crippen LogP contribution is 2.15. The van der Waals surface area contributed by atoms with E-state index in [2.05, 4.69) is 5.32 Å². The Hall–Kier alpha value is -1.53. The van der Waals surface area contributed by atoms with Crippen LogP contribution >= 0.6 is 0 Å². The minimum Gasteiger partial charge on any atom is -0.396 e. The fourth-order valence-corrected chi connectivity index (χ4v) is 1.78. The zero-order chi connectivity index (χ0) is 15.0. The lowest BCUT2D eigenvalue weighted by Gasteiger charge is -2.16. The third-order valence-corrected chi connectivity index (χ3v) is 2.81. The molecule has 0 atom stereocenters. The van der Waals surface area contributed by atoms with Crippen LogP contribution in [-0.2, 0) is 4.79 Å². The van der Waals surface area contributed by atoms with Gasteiger partial charge in [-0.3, -0.25) is 9.69 Å². The second kappa shape index (κ2) is 8.60. The van der Waals surface area contributed by atoms with Gasteiger partial charge in [0.15, 0.2) is 0 Å². The van der Waals surface area contributed by atoms with Crippen LogP contribution in [0.2, 0.25) is 0 Å². The number of likely N-dealkylation sites (N-methyl/N-ethyl adjacent to an activating group) is 1. The number of nitrogens with one attached hydrogen (secondary N) is 1. The van der Waals surface area contributed by atoms with Crippen LogP contribution < -0.4 is 5.32 Å². The van der Waals surface area contributed by atoms with E-state index in [1.54, 1.807) is 11.9 Å². The summed E-state index contributed by atoms with van der Waals surface area (Å²) >= 11 is 0. The molecular formula is C14H20F2N2O2. The minimum atomic E-state index is -0.662. The topological polar surface area (TPSA) is 52.6 Å². The Bertz CT molecular complexity index is 441. The van der Waals surface area contributed by atoms with Crippen LogP contribution in [0.5, 0.6) is 0 Å². The van der Waals surface area contributed by atoms with E-state index in [0.717, 1.165) is 37.5 Å². The Kier molecular flexibility index (Phi) is 7.11. The SMILES string of the molecule is CN(CCCCCO)CC(=O)Nc1cc(F)ccc1F. The van der Waals surface area contributed by atoms with E-state index >= 15 is 0 Å². The molecule has 0 heterocycles. The summed E-state index contributed by atoms with van der Waals surface area (Å²) in [6.07, 6.45) is 2.51. The van der Waals surface area contributed by atoms with Crippen molar-refractivity contribution in [2.45, 2.75) is 19.3 Å². The number of anilines is 1. The number of hydrogen-bond donors (Lipinski definition) is 2. The van der Waals surface area contributed by atoms with Gasteiger partial charge in [0.1, 0.15) is 11.6 Å². The average Bonchev–Trinajstić information content (AvgIpc) is 2.39. The number of hydrogen-bond acceptors (Lipinski definition) is 3. The molecule has 0 spiro atoms. The molecule has 0 fully saturated rings. The number of aliphatic hydroxyl groups excluding tert-OH is 1. The molecule has 112 valence electrons. The Morgan fingerprint density at radius 1 is 1.30 bits per heavy atom. The van der Waals surface area contributed by atoms with Crippen LogP contribution in [0.3, 0.4) is 0 Å². The fourth-order valence-electron chi connectivity index (χ4n) is 1.78. The van der Waals surface area contributed by atoms with Crippen molar-refractivity contribution in [3.63, 3.8) is 0 Å². The van der Waals surface area contributed by atoms with Gasteiger partial charge in [-0.1, -0.05) is 0 Å². The summed E-state index contributed by atoms with van der Waals surface area (Å²) in [7, 11) is 1.78.